The molecule has 32 heavy (non-hydrogen) atoms. The molecule has 0 radical (unpaired) electrons. The largest absolute Gasteiger partial charge is 0.416 e. The third-order valence-corrected chi connectivity index (χ3v) is 6.43. The van der Waals surface area contributed by atoms with Gasteiger partial charge in [0.25, 0.3) is 5.91 Å². The molecular formula is C21H22F3N3O4S. The number of alkyl halides is 3. The maximum absolute atomic E-state index is 12.7. The maximum atomic E-state index is 12.7. The lowest BCUT2D eigenvalue weighted by Gasteiger charge is -2.31. The molecule has 2 amide bonds. The van der Waals surface area contributed by atoms with Crippen molar-refractivity contribution in [3.8, 4) is 0 Å². The van der Waals surface area contributed by atoms with Crippen LogP contribution in [0.2, 0.25) is 0 Å². The summed E-state index contributed by atoms with van der Waals surface area (Å²) in [6.07, 6.45) is -3.74. The number of carbonyl (C=O) groups is 2. The first-order chi connectivity index (χ1) is 14.9. The van der Waals surface area contributed by atoms with Crippen LogP contribution in [0.15, 0.2) is 47.4 Å². The Hall–Kier alpha value is -2.92. The van der Waals surface area contributed by atoms with Crippen LogP contribution in [0.5, 0.6) is 0 Å². The Morgan fingerprint density at radius 1 is 1.06 bits per heavy atom. The molecule has 1 fully saturated rings. The molecule has 0 atom stereocenters. The molecule has 1 aliphatic rings. The third-order valence-electron chi connectivity index (χ3n) is 5.37. The van der Waals surface area contributed by atoms with Gasteiger partial charge < -0.3 is 10.2 Å². The molecule has 0 saturated carbocycles. The summed E-state index contributed by atoms with van der Waals surface area (Å²) >= 11 is 0. The highest BCUT2D eigenvalue weighted by Crippen LogP contribution is 2.29. The van der Waals surface area contributed by atoms with Gasteiger partial charge in [0.05, 0.1) is 10.5 Å². The van der Waals surface area contributed by atoms with E-state index in [1.807, 2.05) is 0 Å². The van der Waals surface area contributed by atoms with E-state index < -0.39 is 33.6 Å². The average Bonchev–Trinajstić information content (AvgIpc) is 2.73. The highest BCUT2D eigenvalue weighted by Gasteiger charge is 2.31. The Labute approximate surface area is 183 Å². The van der Waals surface area contributed by atoms with Gasteiger partial charge in [0, 0.05) is 30.3 Å². The molecule has 0 bridgehead atoms. The maximum Gasteiger partial charge on any atom is 0.416 e. The standard InChI is InChI=1S/C21H22F3N3O4S/c1-13-2-7-17(12-18(13)32(25,30)31)26-19(28)14-8-10-27(11-9-14)20(29)15-3-5-16(6-4-15)21(22,23)24/h2-7,12,14H,8-11H2,1H3,(H,26,28)(H2,25,30,31). The van der Waals surface area contributed by atoms with Gasteiger partial charge in [-0.1, -0.05) is 6.07 Å². The molecule has 172 valence electrons. The predicted molar refractivity (Wildman–Crippen MR) is 111 cm³/mol. The van der Waals surface area contributed by atoms with Crippen molar-refractivity contribution < 1.29 is 31.2 Å². The number of benzene rings is 2. The van der Waals surface area contributed by atoms with E-state index in [4.69, 9.17) is 5.14 Å². The first-order valence-electron chi connectivity index (χ1n) is 9.77. The predicted octanol–water partition coefficient (Wildman–Crippen LogP) is 3.15. The van der Waals surface area contributed by atoms with Gasteiger partial charge in [0.1, 0.15) is 0 Å². The Balaban J connectivity index is 1.60. The first kappa shape index (κ1) is 23.7. The number of aryl methyl sites for hydroxylation is 1. The zero-order valence-corrected chi connectivity index (χ0v) is 18.0. The van der Waals surface area contributed by atoms with E-state index in [-0.39, 0.29) is 29.5 Å². The summed E-state index contributed by atoms with van der Waals surface area (Å²) in [6.45, 7) is 2.14. The van der Waals surface area contributed by atoms with Crippen molar-refractivity contribution in [2.24, 2.45) is 11.1 Å². The number of nitrogens with zero attached hydrogens (tertiary/aromatic N) is 1. The van der Waals surface area contributed by atoms with Crippen LogP contribution in [0.25, 0.3) is 0 Å². The lowest BCUT2D eigenvalue weighted by Crippen LogP contribution is -2.41. The Kier molecular flexibility index (Phi) is 6.61. The fourth-order valence-electron chi connectivity index (χ4n) is 3.56. The smallest absolute Gasteiger partial charge is 0.339 e. The van der Waals surface area contributed by atoms with Gasteiger partial charge in [0.2, 0.25) is 15.9 Å². The number of sulfonamides is 1. The molecule has 2 aromatic carbocycles. The molecular weight excluding hydrogens is 447 g/mol. The van der Waals surface area contributed by atoms with Gasteiger partial charge in [-0.05, 0) is 61.7 Å². The fourth-order valence-corrected chi connectivity index (χ4v) is 4.37. The van der Waals surface area contributed by atoms with Crippen LogP contribution in [-0.4, -0.2) is 38.2 Å². The molecule has 7 nitrogen and oxygen atoms in total. The summed E-state index contributed by atoms with van der Waals surface area (Å²) < 4.78 is 61.3. The lowest BCUT2D eigenvalue weighted by molar-refractivity contribution is -0.137. The molecule has 0 aromatic heterocycles. The highest BCUT2D eigenvalue weighted by atomic mass is 32.2. The van der Waals surface area contributed by atoms with Crippen molar-refractivity contribution in [1.29, 1.82) is 0 Å². The minimum absolute atomic E-state index is 0.0766. The quantitative estimate of drug-likeness (QED) is 0.717. The van der Waals surface area contributed by atoms with Crippen LogP contribution < -0.4 is 10.5 Å². The van der Waals surface area contributed by atoms with Gasteiger partial charge in [-0.3, -0.25) is 9.59 Å². The number of carbonyl (C=O) groups excluding carboxylic acids is 2. The SMILES string of the molecule is Cc1ccc(NC(=O)C2CCN(C(=O)c3ccc(C(F)(F)F)cc3)CC2)cc1S(N)(=O)=O. The normalized spacial score (nSPS) is 15.5. The number of hydrogen-bond acceptors (Lipinski definition) is 4. The molecule has 1 heterocycles. The minimum atomic E-state index is -4.47. The number of anilines is 1. The molecule has 0 aliphatic carbocycles. The van der Waals surface area contributed by atoms with Gasteiger partial charge >= 0.3 is 6.18 Å². The molecule has 11 heteroatoms. The first-order valence-corrected chi connectivity index (χ1v) is 11.3. The molecule has 0 spiro atoms. The summed E-state index contributed by atoms with van der Waals surface area (Å²) in [5, 5.41) is 7.87. The third kappa shape index (κ3) is 5.46. The van der Waals surface area contributed by atoms with Crippen molar-refractivity contribution in [3.05, 3.63) is 59.2 Å². The Morgan fingerprint density at radius 3 is 2.19 bits per heavy atom. The van der Waals surface area contributed by atoms with E-state index in [0.717, 1.165) is 24.3 Å². The number of nitrogens with two attached hydrogens (primary N) is 1. The van der Waals surface area contributed by atoms with E-state index in [2.05, 4.69) is 5.32 Å². The van der Waals surface area contributed by atoms with Gasteiger partial charge in [-0.15, -0.1) is 0 Å². The van der Waals surface area contributed by atoms with Gasteiger partial charge in [-0.2, -0.15) is 13.2 Å². The number of primary sulfonamides is 1. The van der Waals surface area contributed by atoms with Crippen LogP contribution in [0.1, 0.15) is 34.3 Å². The minimum Gasteiger partial charge on any atom is -0.339 e. The number of halogens is 3. The summed E-state index contributed by atoms with van der Waals surface area (Å²) in [5.41, 5.74) is 0.0793. The van der Waals surface area contributed by atoms with Crippen molar-refractivity contribution in [2.75, 3.05) is 18.4 Å². The fraction of sp³-hybridized carbons (Fsp3) is 0.333. The van der Waals surface area contributed by atoms with Crippen molar-refractivity contribution in [3.63, 3.8) is 0 Å². The summed E-state index contributed by atoms with van der Waals surface area (Å²) in [6, 6.07) is 8.43. The Bertz CT molecular complexity index is 1120. The van der Waals surface area contributed by atoms with E-state index in [1.165, 1.54) is 11.0 Å². The molecule has 3 N–H and O–H groups in total. The zero-order valence-electron chi connectivity index (χ0n) is 17.1. The topological polar surface area (TPSA) is 110 Å². The molecule has 2 aromatic rings. The number of nitrogens with one attached hydrogen (secondary N) is 1. The second-order valence-corrected chi connectivity index (χ2v) is 9.19. The summed E-state index contributed by atoms with van der Waals surface area (Å²) in [7, 11) is -3.93. The summed E-state index contributed by atoms with van der Waals surface area (Å²) in [5.74, 6) is -1.10. The molecule has 1 saturated heterocycles. The highest BCUT2D eigenvalue weighted by molar-refractivity contribution is 7.89. The second kappa shape index (κ2) is 8.91. The van der Waals surface area contributed by atoms with E-state index >= 15 is 0 Å². The van der Waals surface area contributed by atoms with Crippen LogP contribution >= 0.6 is 0 Å². The van der Waals surface area contributed by atoms with Crippen LogP contribution in [0, 0.1) is 12.8 Å². The Morgan fingerprint density at radius 2 is 1.66 bits per heavy atom. The van der Waals surface area contributed by atoms with Crippen LogP contribution in [-0.2, 0) is 21.0 Å². The number of rotatable bonds is 4. The van der Waals surface area contributed by atoms with Crippen LogP contribution in [0.4, 0.5) is 18.9 Å². The number of hydrogen-bond donors (Lipinski definition) is 2. The second-order valence-electron chi connectivity index (χ2n) is 7.66. The molecule has 0 unspecified atom stereocenters. The average molecular weight is 469 g/mol. The molecule has 1 aliphatic heterocycles. The van der Waals surface area contributed by atoms with Crippen LogP contribution in [0.3, 0.4) is 0 Å². The monoisotopic (exact) mass is 469 g/mol. The number of likely N-dealkylation sites (tertiary alicyclic amines) is 1. The lowest BCUT2D eigenvalue weighted by atomic mass is 9.95. The number of amides is 2. The van der Waals surface area contributed by atoms with E-state index in [0.29, 0.717) is 24.1 Å². The zero-order chi connectivity index (χ0) is 23.7. The van der Waals surface area contributed by atoms with Gasteiger partial charge in [0.15, 0.2) is 0 Å². The van der Waals surface area contributed by atoms with E-state index in [1.54, 1.807) is 19.1 Å². The molecule has 3 rings (SSSR count). The van der Waals surface area contributed by atoms with Gasteiger partial charge in [-0.25, -0.2) is 13.6 Å². The van der Waals surface area contributed by atoms with Crippen molar-refractivity contribution >= 4 is 27.5 Å². The number of piperidine rings is 1. The van der Waals surface area contributed by atoms with Crippen molar-refractivity contribution in [2.45, 2.75) is 30.8 Å². The van der Waals surface area contributed by atoms with Crippen molar-refractivity contribution in [1.82, 2.24) is 4.90 Å². The summed E-state index contributed by atoms with van der Waals surface area (Å²) in [4.78, 5) is 26.6. The van der Waals surface area contributed by atoms with E-state index in [9.17, 15) is 31.2 Å².